The third-order valence-electron chi connectivity index (χ3n) is 8.42. The van der Waals surface area contributed by atoms with Crippen molar-refractivity contribution in [2.75, 3.05) is 26.4 Å². The maximum atomic E-state index is 13.4. The molecule has 0 aromatic heterocycles. The standard InChI is InChI=1S/C36H36N2O5/c39-22-12-2-1-11-21-38(36(41)43-24-34-31-19-9-5-15-27(31)28-16-6-10-20-32(28)34)37-35(40)42-23-33-29-17-7-3-13-25(29)26-14-4-8-18-30(26)33/h3-10,13-20,33-34,39H,1-2,11-12,21-24H2,(H,37,40). The summed E-state index contributed by atoms with van der Waals surface area (Å²) in [6.07, 6.45) is 1.65. The Morgan fingerprint density at radius 3 is 1.49 bits per heavy atom. The Balaban J connectivity index is 1.11. The number of unbranched alkanes of at least 4 members (excludes halogenated alkanes) is 3. The SMILES string of the molecule is O=C(NN(CCCCCCO)C(=O)OCC1c2ccccc2-c2ccccc21)OCC1c2ccccc2-c2ccccc21. The molecular formula is C36H36N2O5. The van der Waals surface area contributed by atoms with E-state index in [-0.39, 0.29) is 38.2 Å². The largest absolute Gasteiger partial charge is 0.447 e. The van der Waals surface area contributed by atoms with Crippen LogP contribution in [-0.2, 0) is 9.47 Å². The molecule has 43 heavy (non-hydrogen) atoms. The van der Waals surface area contributed by atoms with Crippen LogP contribution in [0.3, 0.4) is 0 Å². The number of hydrogen-bond acceptors (Lipinski definition) is 5. The lowest BCUT2D eigenvalue weighted by atomic mass is 9.98. The molecule has 2 amide bonds. The zero-order valence-electron chi connectivity index (χ0n) is 24.1. The molecule has 7 heteroatoms. The van der Waals surface area contributed by atoms with Crippen molar-refractivity contribution in [2.24, 2.45) is 0 Å². The van der Waals surface area contributed by atoms with Crippen LogP contribution in [0.2, 0.25) is 0 Å². The van der Waals surface area contributed by atoms with E-state index >= 15 is 0 Å². The van der Waals surface area contributed by atoms with Crippen LogP contribution in [0.4, 0.5) is 9.59 Å². The van der Waals surface area contributed by atoms with Gasteiger partial charge in [-0.25, -0.2) is 20.0 Å². The number of hydrazine groups is 1. The van der Waals surface area contributed by atoms with Crippen molar-refractivity contribution in [3.05, 3.63) is 119 Å². The van der Waals surface area contributed by atoms with Crippen LogP contribution in [0.15, 0.2) is 97.1 Å². The van der Waals surface area contributed by atoms with E-state index in [0.29, 0.717) is 12.8 Å². The van der Waals surface area contributed by atoms with Gasteiger partial charge in [0.15, 0.2) is 0 Å². The molecule has 4 aromatic rings. The Morgan fingerprint density at radius 1 is 0.605 bits per heavy atom. The van der Waals surface area contributed by atoms with Gasteiger partial charge in [-0.2, -0.15) is 0 Å². The monoisotopic (exact) mass is 576 g/mol. The summed E-state index contributed by atoms with van der Waals surface area (Å²) in [5, 5.41) is 10.3. The van der Waals surface area contributed by atoms with Crippen LogP contribution >= 0.6 is 0 Å². The number of rotatable bonds is 10. The number of benzene rings is 4. The lowest BCUT2D eigenvalue weighted by Crippen LogP contribution is -2.47. The number of aliphatic hydroxyl groups excluding tert-OH is 1. The van der Waals surface area contributed by atoms with Crippen molar-refractivity contribution in [2.45, 2.75) is 37.5 Å². The molecule has 0 saturated heterocycles. The van der Waals surface area contributed by atoms with Crippen LogP contribution in [-0.4, -0.2) is 48.7 Å². The normalized spacial score (nSPS) is 13.0. The molecule has 0 heterocycles. The van der Waals surface area contributed by atoms with Gasteiger partial charge < -0.3 is 14.6 Å². The molecule has 0 aliphatic heterocycles. The molecule has 2 N–H and O–H groups in total. The van der Waals surface area contributed by atoms with Gasteiger partial charge in [-0.3, -0.25) is 0 Å². The molecule has 2 aliphatic rings. The average Bonchev–Trinajstić information content (AvgIpc) is 3.54. The Morgan fingerprint density at radius 2 is 1.02 bits per heavy atom. The Kier molecular flexibility index (Phi) is 8.70. The first-order valence-corrected chi connectivity index (χ1v) is 15.0. The molecule has 6 rings (SSSR count). The number of amides is 2. The molecule has 7 nitrogen and oxygen atoms in total. The molecule has 4 aromatic carbocycles. The summed E-state index contributed by atoms with van der Waals surface area (Å²) in [5.74, 6) is -0.170. The van der Waals surface area contributed by atoms with Crippen molar-refractivity contribution < 1.29 is 24.2 Å². The third kappa shape index (κ3) is 5.99. The first-order valence-electron chi connectivity index (χ1n) is 15.0. The van der Waals surface area contributed by atoms with E-state index in [4.69, 9.17) is 14.6 Å². The summed E-state index contributed by atoms with van der Waals surface area (Å²) in [6, 6.07) is 32.7. The summed E-state index contributed by atoms with van der Waals surface area (Å²) >= 11 is 0. The van der Waals surface area contributed by atoms with E-state index in [2.05, 4.69) is 54.0 Å². The number of fused-ring (bicyclic) bond motifs is 6. The first-order chi connectivity index (χ1) is 21.2. The van der Waals surface area contributed by atoms with Gasteiger partial charge in [-0.05, 0) is 57.3 Å². The van der Waals surface area contributed by atoms with Gasteiger partial charge in [0.25, 0.3) is 0 Å². The number of carbonyl (C=O) groups excluding carboxylic acids is 2. The van der Waals surface area contributed by atoms with Crippen LogP contribution in [0.25, 0.3) is 22.3 Å². The van der Waals surface area contributed by atoms with Gasteiger partial charge >= 0.3 is 12.2 Å². The van der Waals surface area contributed by atoms with Gasteiger partial charge in [0.1, 0.15) is 13.2 Å². The molecule has 0 saturated carbocycles. The molecule has 0 unspecified atom stereocenters. The number of aliphatic hydroxyl groups is 1. The molecule has 220 valence electrons. The summed E-state index contributed by atoms with van der Waals surface area (Å²) in [4.78, 5) is 26.4. The highest BCUT2D eigenvalue weighted by Crippen LogP contribution is 2.45. The van der Waals surface area contributed by atoms with Crippen LogP contribution < -0.4 is 5.43 Å². The molecular weight excluding hydrogens is 540 g/mol. The van der Waals surface area contributed by atoms with Gasteiger partial charge in [-0.15, -0.1) is 0 Å². The van der Waals surface area contributed by atoms with E-state index in [9.17, 15) is 9.59 Å². The van der Waals surface area contributed by atoms with Crippen molar-refractivity contribution in [3.8, 4) is 22.3 Å². The van der Waals surface area contributed by atoms with Crippen molar-refractivity contribution in [1.29, 1.82) is 0 Å². The number of ether oxygens (including phenoxy) is 2. The number of hydrogen-bond donors (Lipinski definition) is 2. The third-order valence-corrected chi connectivity index (χ3v) is 8.42. The smallest absolute Gasteiger partial charge is 0.428 e. The van der Waals surface area contributed by atoms with Gasteiger partial charge in [-0.1, -0.05) is 110 Å². The van der Waals surface area contributed by atoms with E-state index in [1.807, 2.05) is 48.5 Å². The molecule has 0 atom stereocenters. The van der Waals surface area contributed by atoms with Crippen LogP contribution in [0.5, 0.6) is 0 Å². The Bertz CT molecular complexity index is 1510. The fourth-order valence-corrected chi connectivity index (χ4v) is 6.34. The lowest BCUT2D eigenvalue weighted by molar-refractivity contribution is 0.0671. The molecule has 0 fully saturated rings. The average molecular weight is 577 g/mol. The minimum atomic E-state index is -0.703. The fraction of sp³-hybridized carbons (Fsp3) is 0.278. The maximum Gasteiger partial charge on any atom is 0.428 e. The number of carbonyl (C=O) groups is 2. The second-order valence-corrected chi connectivity index (χ2v) is 11.0. The molecule has 0 bridgehead atoms. The van der Waals surface area contributed by atoms with E-state index < -0.39 is 12.2 Å². The van der Waals surface area contributed by atoms with E-state index in [1.54, 1.807) is 0 Å². The van der Waals surface area contributed by atoms with Gasteiger partial charge in [0.2, 0.25) is 0 Å². The van der Waals surface area contributed by atoms with Crippen molar-refractivity contribution in [1.82, 2.24) is 10.4 Å². The highest BCUT2D eigenvalue weighted by atomic mass is 16.6. The zero-order chi connectivity index (χ0) is 29.6. The zero-order valence-corrected chi connectivity index (χ0v) is 24.1. The highest BCUT2D eigenvalue weighted by Gasteiger charge is 2.31. The summed E-state index contributed by atoms with van der Waals surface area (Å²) in [7, 11) is 0. The lowest BCUT2D eigenvalue weighted by Gasteiger charge is -2.24. The molecule has 0 radical (unpaired) electrons. The number of nitrogens with one attached hydrogen (secondary N) is 1. The minimum Gasteiger partial charge on any atom is -0.447 e. The van der Waals surface area contributed by atoms with E-state index in [1.165, 1.54) is 5.01 Å². The van der Waals surface area contributed by atoms with Crippen molar-refractivity contribution in [3.63, 3.8) is 0 Å². The second-order valence-electron chi connectivity index (χ2n) is 11.0. The quantitative estimate of drug-likeness (QED) is 0.153. The predicted octanol–water partition coefficient (Wildman–Crippen LogP) is 7.24. The summed E-state index contributed by atoms with van der Waals surface area (Å²) in [6.45, 7) is 0.704. The van der Waals surface area contributed by atoms with Gasteiger partial charge in [0.05, 0.1) is 0 Å². The summed E-state index contributed by atoms with van der Waals surface area (Å²) < 4.78 is 11.5. The first kappa shape index (κ1) is 28.5. The maximum absolute atomic E-state index is 13.4. The Labute approximate surface area is 252 Å². The van der Waals surface area contributed by atoms with E-state index in [0.717, 1.165) is 57.3 Å². The minimum absolute atomic E-state index is 0.0838. The highest BCUT2D eigenvalue weighted by molar-refractivity contribution is 5.80. The predicted molar refractivity (Wildman–Crippen MR) is 166 cm³/mol. The molecule has 2 aliphatic carbocycles. The topological polar surface area (TPSA) is 88.1 Å². The van der Waals surface area contributed by atoms with Gasteiger partial charge in [0, 0.05) is 25.0 Å². The molecule has 0 spiro atoms. The van der Waals surface area contributed by atoms with Crippen LogP contribution in [0.1, 0.15) is 59.8 Å². The fourth-order valence-electron chi connectivity index (χ4n) is 6.34. The number of nitrogens with zero attached hydrogens (tertiary/aromatic N) is 1. The Hall–Kier alpha value is -4.62. The second kappa shape index (κ2) is 13.1. The summed E-state index contributed by atoms with van der Waals surface area (Å²) in [5.41, 5.74) is 11.7. The van der Waals surface area contributed by atoms with Crippen molar-refractivity contribution >= 4 is 12.2 Å². The van der Waals surface area contributed by atoms with Crippen LogP contribution in [0, 0.1) is 0 Å².